The van der Waals surface area contributed by atoms with Gasteiger partial charge in [0.05, 0.1) is 12.5 Å². The van der Waals surface area contributed by atoms with Crippen molar-refractivity contribution in [3.63, 3.8) is 0 Å². The van der Waals surface area contributed by atoms with Crippen molar-refractivity contribution in [2.45, 2.75) is 19.2 Å². The average molecular weight is 360 g/mol. The number of likely N-dealkylation sites (tertiary alicyclic amines) is 1. The Labute approximate surface area is 142 Å². The van der Waals surface area contributed by atoms with E-state index in [0.29, 0.717) is 32.5 Å². The van der Waals surface area contributed by atoms with Gasteiger partial charge < -0.3 is 15.2 Å². The molecule has 0 aliphatic carbocycles. The van der Waals surface area contributed by atoms with Crippen LogP contribution in [0.4, 0.5) is 13.2 Å². The van der Waals surface area contributed by atoms with E-state index in [4.69, 9.17) is 5.11 Å². The van der Waals surface area contributed by atoms with E-state index in [9.17, 15) is 22.8 Å². The third-order valence-corrected chi connectivity index (χ3v) is 3.88. The highest BCUT2D eigenvalue weighted by molar-refractivity contribution is 5.78. The Hall–Kier alpha value is -2.29. The summed E-state index contributed by atoms with van der Waals surface area (Å²) in [5.74, 6) is -1.77. The van der Waals surface area contributed by atoms with Crippen LogP contribution in [0.3, 0.4) is 0 Å². The number of amides is 1. The molecule has 0 aromatic heterocycles. The summed E-state index contributed by atoms with van der Waals surface area (Å²) in [5, 5.41) is 11.6. The molecule has 1 fully saturated rings. The summed E-state index contributed by atoms with van der Waals surface area (Å²) in [4.78, 5) is 24.5. The maximum atomic E-state index is 12.1. The molecule has 2 N–H and O–H groups in total. The monoisotopic (exact) mass is 360 g/mol. The lowest BCUT2D eigenvalue weighted by Gasteiger charge is -2.14. The number of hydrogen-bond acceptors (Lipinski definition) is 4. The Balaban J connectivity index is 1.68. The van der Waals surface area contributed by atoms with Gasteiger partial charge in [0.15, 0.2) is 0 Å². The number of nitrogens with zero attached hydrogens (tertiary/aromatic N) is 1. The maximum Gasteiger partial charge on any atom is 0.573 e. The molecule has 0 spiro atoms. The molecule has 1 unspecified atom stereocenters. The average Bonchev–Trinajstić information content (AvgIpc) is 2.96. The number of alkyl halides is 3. The van der Waals surface area contributed by atoms with Crippen LogP contribution < -0.4 is 10.1 Å². The molecule has 1 aromatic rings. The summed E-state index contributed by atoms with van der Waals surface area (Å²) in [6.07, 6.45) is -3.71. The van der Waals surface area contributed by atoms with Crippen LogP contribution in [-0.2, 0) is 16.0 Å². The first-order chi connectivity index (χ1) is 11.7. The van der Waals surface area contributed by atoms with E-state index >= 15 is 0 Å². The molecule has 2 rings (SSSR count). The van der Waals surface area contributed by atoms with Crippen molar-refractivity contribution in [2.24, 2.45) is 5.92 Å². The summed E-state index contributed by atoms with van der Waals surface area (Å²) in [5.41, 5.74) is 0.766. The highest BCUT2D eigenvalue weighted by Gasteiger charge is 2.31. The van der Waals surface area contributed by atoms with Crippen LogP contribution in [0.1, 0.15) is 12.0 Å². The molecule has 0 bridgehead atoms. The van der Waals surface area contributed by atoms with Crippen molar-refractivity contribution >= 4 is 11.9 Å². The molecule has 6 nitrogen and oxygen atoms in total. The molecule has 1 aliphatic heterocycles. The Morgan fingerprint density at radius 1 is 1.28 bits per heavy atom. The summed E-state index contributed by atoms with van der Waals surface area (Å²) < 4.78 is 40.0. The van der Waals surface area contributed by atoms with Crippen LogP contribution in [0.25, 0.3) is 0 Å². The van der Waals surface area contributed by atoms with Gasteiger partial charge in [-0.15, -0.1) is 13.2 Å². The number of hydrogen-bond donors (Lipinski definition) is 2. The fourth-order valence-corrected chi connectivity index (χ4v) is 2.64. The number of carbonyl (C=O) groups is 2. The first kappa shape index (κ1) is 19.0. The van der Waals surface area contributed by atoms with Crippen LogP contribution in [0.2, 0.25) is 0 Å². The number of halogens is 3. The van der Waals surface area contributed by atoms with E-state index in [1.165, 1.54) is 24.3 Å². The van der Waals surface area contributed by atoms with E-state index in [0.717, 1.165) is 5.56 Å². The fourth-order valence-electron chi connectivity index (χ4n) is 2.64. The Morgan fingerprint density at radius 2 is 1.96 bits per heavy atom. The van der Waals surface area contributed by atoms with Crippen LogP contribution in [-0.4, -0.2) is 54.4 Å². The summed E-state index contributed by atoms with van der Waals surface area (Å²) in [6.45, 7) is 1.42. The third kappa shape index (κ3) is 6.61. The van der Waals surface area contributed by atoms with Crippen molar-refractivity contribution < 1.29 is 32.6 Å². The van der Waals surface area contributed by atoms with Crippen LogP contribution in [0.5, 0.6) is 5.75 Å². The molecule has 9 heteroatoms. The summed E-state index contributed by atoms with van der Waals surface area (Å²) >= 11 is 0. The predicted molar refractivity (Wildman–Crippen MR) is 82.0 cm³/mol. The zero-order chi connectivity index (χ0) is 18.4. The third-order valence-electron chi connectivity index (χ3n) is 3.88. The SMILES string of the molecule is O=C(CN1CCC(C(=O)O)C1)NCCc1ccc(OC(F)(F)F)cc1. The number of carboxylic acid groups (broad SMARTS) is 1. The largest absolute Gasteiger partial charge is 0.573 e. The van der Waals surface area contributed by atoms with E-state index in [1.807, 2.05) is 0 Å². The summed E-state index contributed by atoms with van der Waals surface area (Å²) in [7, 11) is 0. The van der Waals surface area contributed by atoms with Crippen molar-refractivity contribution in [1.82, 2.24) is 10.2 Å². The molecule has 1 atom stereocenters. The first-order valence-corrected chi connectivity index (χ1v) is 7.79. The van der Waals surface area contributed by atoms with E-state index in [-0.39, 0.29) is 18.2 Å². The topological polar surface area (TPSA) is 78.9 Å². The predicted octanol–water partition coefficient (Wildman–Crippen LogP) is 1.65. The molecule has 1 aliphatic rings. The molecule has 0 radical (unpaired) electrons. The second kappa shape index (κ2) is 8.19. The Morgan fingerprint density at radius 3 is 2.52 bits per heavy atom. The quantitative estimate of drug-likeness (QED) is 0.773. The van der Waals surface area contributed by atoms with Crippen LogP contribution in [0, 0.1) is 5.92 Å². The molecule has 1 aromatic carbocycles. The van der Waals surface area contributed by atoms with Gasteiger partial charge in [-0.2, -0.15) is 0 Å². The molecule has 1 saturated heterocycles. The molecular weight excluding hydrogens is 341 g/mol. The fraction of sp³-hybridized carbons (Fsp3) is 0.500. The molecule has 1 heterocycles. The van der Waals surface area contributed by atoms with Crippen LogP contribution in [0.15, 0.2) is 24.3 Å². The number of carbonyl (C=O) groups excluding carboxylic acids is 1. The zero-order valence-corrected chi connectivity index (χ0v) is 13.4. The number of carboxylic acids is 1. The second-order valence-electron chi connectivity index (χ2n) is 5.85. The lowest BCUT2D eigenvalue weighted by Crippen LogP contribution is -2.37. The second-order valence-corrected chi connectivity index (χ2v) is 5.85. The van der Waals surface area contributed by atoms with Crippen molar-refractivity contribution in [3.8, 4) is 5.75 Å². The first-order valence-electron chi connectivity index (χ1n) is 7.79. The zero-order valence-electron chi connectivity index (χ0n) is 13.4. The van der Waals surface area contributed by atoms with Crippen molar-refractivity contribution in [2.75, 3.05) is 26.2 Å². The van der Waals surface area contributed by atoms with Gasteiger partial charge in [0, 0.05) is 13.1 Å². The standard InChI is InChI=1S/C16H19F3N2O4/c17-16(18,19)25-13-3-1-11(2-4-13)5-7-20-14(22)10-21-8-6-12(9-21)15(23)24/h1-4,12H,5-10H2,(H,20,22)(H,23,24). The molecule has 1 amide bonds. The van der Waals surface area contributed by atoms with Crippen molar-refractivity contribution in [1.29, 1.82) is 0 Å². The summed E-state index contributed by atoms with van der Waals surface area (Å²) in [6, 6.07) is 5.46. The smallest absolute Gasteiger partial charge is 0.481 e. The Kier molecular flexibility index (Phi) is 6.24. The lowest BCUT2D eigenvalue weighted by atomic mass is 10.1. The lowest BCUT2D eigenvalue weighted by molar-refractivity contribution is -0.274. The van der Waals surface area contributed by atoms with Gasteiger partial charge in [-0.3, -0.25) is 14.5 Å². The Bertz CT molecular complexity index is 604. The van der Waals surface area contributed by atoms with Gasteiger partial charge in [0.25, 0.3) is 0 Å². The minimum Gasteiger partial charge on any atom is -0.481 e. The van der Waals surface area contributed by atoms with Crippen molar-refractivity contribution in [3.05, 3.63) is 29.8 Å². The van der Waals surface area contributed by atoms with E-state index in [2.05, 4.69) is 10.1 Å². The van der Waals surface area contributed by atoms with Gasteiger partial charge >= 0.3 is 12.3 Å². The van der Waals surface area contributed by atoms with Gasteiger partial charge in [-0.1, -0.05) is 12.1 Å². The van der Waals surface area contributed by atoms with Crippen LogP contribution >= 0.6 is 0 Å². The van der Waals surface area contributed by atoms with Gasteiger partial charge in [-0.05, 0) is 37.1 Å². The number of benzene rings is 1. The van der Waals surface area contributed by atoms with Gasteiger partial charge in [0.2, 0.25) is 5.91 Å². The maximum absolute atomic E-state index is 12.1. The normalized spacial score (nSPS) is 18.1. The van der Waals surface area contributed by atoms with E-state index < -0.39 is 18.2 Å². The molecule has 25 heavy (non-hydrogen) atoms. The van der Waals surface area contributed by atoms with E-state index in [1.54, 1.807) is 4.90 Å². The molecule has 0 saturated carbocycles. The highest BCUT2D eigenvalue weighted by atomic mass is 19.4. The highest BCUT2D eigenvalue weighted by Crippen LogP contribution is 2.22. The minimum absolute atomic E-state index is 0.141. The minimum atomic E-state index is -4.72. The molecule has 138 valence electrons. The number of aliphatic carboxylic acids is 1. The number of nitrogens with one attached hydrogen (secondary N) is 1. The van der Waals surface area contributed by atoms with Gasteiger partial charge in [-0.25, -0.2) is 0 Å². The molecular formula is C16H19F3N2O4. The number of ether oxygens (including phenoxy) is 1. The number of rotatable bonds is 7. The van der Waals surface area contributed by atoms with Gasteiger partial charge in [0.1, 0.15) is 5.75 Å².